The Morgan fingerprint density at radius 2 is 0.411 bits per heavy atom. The highest BCUT2D eigenvalue weighted by atomic mass is 19.4. The molecule has 2 unspecified atom stereocenters. The summed E-state index contributed by atoms with van der Waals surface area (Å²) in [7, 11) is 2.83. The predicted molar refractivity (Wildman–Crippen MR) is 495 cm³/mol. The van der Waals surface area contributed by atoms with Gasteiger partial charge in [-0.05, 0) is 187 Å². The van der Waals surface area contributed by atoms with Crippen LogP contribution in [0, 0.1) is 124 Å². The number of methoxy groups -OCH3 is 2. The molecule has 0 aromatic carbocycles. The van der Waals surface area contributed by atoms with Gasteiger partial charge in [0.15, 0.2) is 5.60 Å². The van der Waals surface area contributed by atoms with Crippen molar-refractivity contribution in [1.29, 1.82) is 0 Å². The third kappa shape index (κ3) is 260. The van der Waals surface area contributed by atoms with Crippen LogP contribution in [-0.2, 0) is 14.2 Å². The zero-order valence-electron chi connectivity index (χ0n) is 88.7. The molecule has 0 saturated heterocycles. The van der Waals surface area contributed by atoms with Crippen molar-refractivity contribution >= 4 is 0 Å². The summed E-state index contributed by atoms with van der Waals surface area (Å²) >= 11 is 0. The van der Waals surface area contributed by atoms with Gasteiger partial charge >= 0.3 is 24.9 Å². The van der Waals surface area contributed by atoms with Gasteiger partial charge in [-0.2, -0.15) is 35.1 Å². The Morgan fingerprint density at radius 3 is 0.420 bits per heavy atom. The number of halogens is 12. The van der Waals surface area contributed by atoms with E-state index in [0.717, 1.165) is 109 Å². The summed E-state index contributed by atoms with van der Waals surface area (Å²) < 4.78 is 156. The molecule has 15 heteroatoms. The first kappa shape index (κ1) is 162. The lowest BCUT2D eigenvalue weighted by Gasteiger charge is -2.34. The third-order valence-corrected chi connectivity index (χ3v) is 11.3. The second-order valence-corrected chi connectivity index (χ2v) is 41.2. The monoisotopic (exact) mass is 1660 g/mol. The second-order valence-electron chi connectivity index (χ2n) is 41.2. The van der Waals surface area contributed by atoms with Gasteiger partial charge in [-0.3, -0.25) is 0 Å². The minimum atomic E-state index is -4.75. The van der Waals surface area contributed by atoms with E-state index in [4.69, 9.17) is 4.74 Å². The number of hydrogen-bond acceptors (Lipinski definition) is 3. The largest absolute Gasteiger partial charge is 0.422 e. The van der Waals surface area contributed by atoms with E-state index in [1.54, 1.807) is 21.0 Å². The van der Waals surface area contributed by atoms with Crippen molar-refractivity contribution in [3.05, 3.63) is 12.2 Å². The van der Waals surface area contributed by atoms with Gasteiger partial charge in [-0.1, -0.05) is 386 Å². The quantitative estimate of drug-likeness (QED) is 0.144. The van der Waals surface area contributed by atoms with Crippen LogP contribution < -0.4 is 0 Å². The molecule has 0 saturated carbocycles. The van der Waals surface area contributed by atoms with Crippen LogP contribution in [0.15, 0.2) is 12.2 Å². The smallest absolute Gasteiger partial charge is 0.379 e. The van der Waals surface area contributed by atoms with Crippen LogP contribution in [0.2, 0.25) is 0 Å². The molecule has 0 fully saturated rings. The average molecular weight is 1660 g/mol. The van der Waals surface area contributed by atoms with Crippen LogP contribution in [-0.4, -0.2) is 67.7 Å². The molecule has 0 spiro atoms. The second kappa shape index (κ2) is 96.9. The highest BCUT2D eigenvalue weighted by Gasteiger charge is 2.54. The van der Waals surface area contributed by atoms with Crippen molar-refractivity contribution in [2.24, 2.45) is 124 Å². The number of hydrogen-bond donors (Lipinski definition) is 0. The highest BCUT2D eigenvalue weighted by Crippen LogP contribution is 2.40. The Hall–Kier alpha value is -1.22. The average Bonchev–Trinajstić information content (AvgIpc) is 0.821. The van der Waals surface area contributed by atoms with Crippen LogP contribution in [0.3, 0.4) is 0 Å². The fraction of sp³-hybridized carbons (Fsp3) is 0.979. The van der Waals surface area contributed by atoms with Crippen molar-refractivity contribution in [1.82, 2.24) is 0 Å². The van der Waals surface area contributed by atoms with E-state index in [1.807, 2.05) is 20.8 Å². The zero-order valence-corrected chi connectivity index (χ0v) is 88.7. The summed E-state index contributed by atoms with van der Waals surface area (Å²) in [6, 6.07) is 0. The van der Waals surface area contributed by atoms with Crippen molar-refractivity contribution in [3.63, 3.8) is 0 Å². The van der Waals surface area contributed by atoms with Crippen LogP contribution in [0.1, 0.15) is 436 Å². The SMILES string of the molecule is C=C(C)C(C)C.CC(C)C.CC(C)C.CC(C)C.CC(C)C.CC(C)C.CC(C)C.CC(C)C.CC(C)C.CC(C)C.CC(C)C.CC(C)C.CC(C)C.CC(C)C(C)(C)F.CC(C)C(C)(F)C(F)(F)F.CC(C)C(C)C.CC(C)C(C)C.CC(C)OC(F)(F)C(F)F.COC(C)(C(C)C)C(F)(F)F.COC(C)(C)C(C)C. The number of alkyl halides is 12. The molecule has 710 valence electrons. The summed E-state index contributed by atoms with van der Waals surface area (Å²) in [5.41, 5.74) is -4.78. The molecule has 0 bridgehead atoms. The standard InChI is InChI=1S/C7H13F3O.C7H16O.C6H10F4.C6H13F.2C6H14.C6H12.C5H8F4O.12C4H10/c1-5(2)6(3,11-4)7(8,9)10;1-6(2)7(3,4)8-5;1-4(2)5(3,7)6(8,9)10;1-5(2)6(3,4)7;3*1-5(2)6(3)4;1-3(2)10-5(8,9)4(6)7;12*1-4(2)3/h5H,1-4H3;6H,1-5H3;4H,1-3H3;5H,1-4H3;2*5-6H,1-4H3;6H,1H2,2-4H3;3-4H,1-2H3;12*4H,1-3H3. The topological polar surface area (TPSA) is 27.7 Å². The molecule has 0 N–H and O–H groups in total. The van der Waals surface area contributed by atoms with Gasteiger partial charge in [-0.15, -0.1) is 0 Å². The maximum atomic E-state index is 12.6. The molecule has 0 aliphatic carbocycles. The van der Waals surface area contributed by atoms with E-state index >= 15 is 0 Å². The van der Waals surface area contributed by atoms with Crippen molar-refractivity contribution in [3.8, 4) is 0 Å². The van der Waals surface area contributed by atoms with Gasteiger partial charge in [0.05, 0.1) is 11.7 Å². The lowest BCUT2D eigenvalue weighted by molar-refractivity contribution is -0.313. The predicted octanol–water partition coefficient (Wildman–Crippen LogP) is 39.0. The lowest BCUT2D eigenvalue weighted by atomic mass is 9.92. The van der Waals surface area contributed by atoms with E-state index in [0.29, 0.717) is 18.8 Å². The minimum Gasteiger partial charge on any atom is -0.379 e. The molecule has 0 heterocycles. The number of rotatable bonds is 12. The first-order valence-corrected chi connectivity index (χ1v) is 43.1. The molecule has 0 radical (unpaired) electrons. The van der Waals surface area contributed by atoms with Gasteiger partial charge < -0.3 is 14.2 Å². The molecular formula is C97H220F12O3. The fourth-order valence-corrected chi connectivity index (χ4v) is 1.61. The Kier molecular flexibility index (Phi) is 140. The highest BCUT2D eigenvalue weighted by molar-refractivity contribution is 4.91. The first-order chi connectivity index (χ1) is 48.5. The van der Waals surface area contributed by atoms with Gasteiger partial charge in [0.1, 0.15) is 5.67 Å². The van der Waals surface area contributed by atoms with Crippen LogP contribution >= 0.6 is 0 Å². The van der Waals surface area contributed by atoms with Crippen LogP contribution in [0.4, 0.5) is 52.7 Å². The molecule has 3 nitrogen and oxygen atoms in total. The Balaban J connectivity index is -0.0000000447. The normalized spacial score (nSPS) is 12.0. The maximum absolute atomic E-state index is 12.6. The van der Waals surface area contributed by atoms with E-state index in [1.165, 1.54) is 47.1 Å². The van der Waals surface area contributed by atoms with Gasteiger partial charge in [-0.25, -0.2) is 17.6 Å². The summed E-state index contributed by atoms with van der Waals surface area (Å²) in [5.74, 6) is 13.2. The van der Waals surface area contributed by atoms with E-state index in [2.05, 4.69) is 362 Å². The van der Waals surface area contributed by atoms with Crippen molar-refractivity contribution in [2.75, 3.05) is 14.2 Å². The molecule has 0 rings (SSSR count). The van der Waals surface area contributed by atoms with Crippen LogP contribution in [0.5, 0.6) is 0 Å². The molecule has 0 aliphatic heterocycles. The molecular weight excluding hydrogens is 1440 g/mol. The Morgan fingerprint density at radius 1 is 0.259 bits per heavy atom. The van der Waals surface area contributed by atoms with E-state index in [9.17, 15) is 52.7 Å². The Bertz CT molecular complexity index is 1450. The van der Waals surface area contributed by atoms with Gasteiger partial charge in [0.25, 0.3) is 0 Å². The van der Waals surface area contributed by atoms with E-state index in [-0.39, 0.29) is 11.5 Å². The third-order valence-electron chi connectivity index (χ3n) is 11.3. The molecule has 0 amide bonds. The van der Waals surface area contributed by atoms with Gasteiger partial charge in [0, 0.05) is 14.2 Å². The molecule has 0 aliphatic rings. The maximum Gasteiger partial charge on any atom is 0.422 e. The molecule has 112 heavy (non-hydrogen) atoms. The number of ether oxygens (including phenoxy) is 3. The lowest BCUT2D eigenvalue weighted by Crippen LogP contribution is -2.48. The summed E-state index contributed by atoms with van der Waals surface area (Å²) in [4.78, 5) is 0. The minimum absolute atomic E-state index is 0.0417. The first-order valence-electron chi connectivity index (χ1n) is 43.1. The number of allylic oxidation sites excluding steroid dienone is 1. The molecule has 0 aromatic heterocycles. The molecule has 0 aromatic rings. The van der Waals surface area contributed by atoms with Crippen LogP contribution in [0.25, 0.3) is 0 Å². The Labute approximate surface area is 704 Å². The summed E-state index contributed by atoms with van der Waals surface area (Å²) in [5, 5.41) is 0. The van der Waals surface area contributed by atoms with Crippen molar-refractivity contribution in [2.45, 2.75) is 490 Å². The van der Waals surface area contributed by atoms with E-state index < -0.39 is 59.8 Å². The zero-order chi connectivity index (χ0) is 97.5. The summed E-state index contributed by atoms with van der Waals surface area (Å²) in [6.45, 7) is 131. The fourth-order valence-electron chi connectivity index (χ4n) is 1.61. The molecule has 2 atom stereocenters. The van der Waals surface area contributed by atoms with Crippen molar-refractivity contribution < 1.29 is 66.9 Å². The van der Waals surface area contributed by atoms with Gasteiger partial charge in [0.2, 0.25) is 5.67 Å². The summed E-state index contributed by atoms with van der Waals surface area (Å²) in [6.07, 6.45) is -18.0.